The van der Waals surface area contributed by atoms with Crippen LogP contribution in [-0.2, 0) is 0 Å². The maximum atomic E-state index is 5.79. The van der Waals surface area contributed by atoms with Gasteiger partial charge in [-0.25, -0.2) is 0 Å². The summed E-state index contributed by atoms with van der Waals surface area (Å²) >= 11 is 0. The lowest BCUT2D eigenvalue weighted by Gasteiger charge is -2.00. The number of rotatable bonds is 1. The number of nitrogens with one attached hydrogen (secondary N) is 1. The Morgan fingerprint density at radius 2 is 2.08 bits per heavy atom. The van der Waals surface area contributed by atoms with Gasteiger partial charge in [0, 0.05) is 18.0 Å². The normalized spacial score (nSPS) is 10.2. The number of aryl methyl sites for hydroxylation is 1. The molecule has 1 aromatic heterocycles. The molecule has 0 unspecified atom stereocenters. The lowest BCUT2D eigenvalue weighted by molar-refractivity contribution is 1.41. The number of aromatic amines is 1. The van der Waals surface area contributed by atoms with E-state index >= 15 is 0 Å². The van der Waals surface area contributed by atoms with Crippen LogP contribution in [0.2, 0.25) is 0 Å². The number of nitrogens with two attached hydrogens (primary N) is 1. The molecule has 0 radical (unpaired) electrons. The van der Waals surface area contributed by atoms with Crippen LogP contribution in [0, 0.1) is 6.92 Å². The van der Waals surface area contributed by atoms with Crippen LogP contribution in [0.4, 0.5) is 5.69 Å². The minimum atomic E-state index is 0.797. The van der Waals surface area contributed by atoms with E-state index in [1.165, 1.54) is 11.1 Å². The van der Waals surface area contributed by atoms with Crippen LogP contribution >= 0.6 is 0 Å². The Balaban J connectivity index is 2.53. The first-order valence-corrected chi connectivity index (χ1v) is 4.26. The summed E-state index contributed by atoms with van der Waals surface area (Å²) in [4.78, 5) is 2.99. The fourth-order valence-corrected chi connectivity index (χ4v) is 1.44. The van der Waals surface area contributed by atoms with Gasteiger partial charge in [0.15, 0.2) is 0 Å². The molecule has 0 saturated heterocycles. The van der Waals surface area contributed by atoms with Crippen LogP contribution in [0.15, 0.2) is 36.7 Å². The Bertz CT molecular complexity index is 416. The number of H-pyrrole nitrogens is 1. The highest BCUT2D eigenvalue weighted by Gasteiger charge is 2.01. The van der Waals surface area contributed by atoms with Gasteiger partial charge in [-0.3, -0.25) is 0 Å². The smallest absolute Gasteiger partial charge is 0.0571 e. The summed E-state index contributed by atoms with van der Waals surface area (Å²) in [5.74, 6) is 0. The summed E-state index contributed by atoms with van der Waals surface area (Å²) < 4.78 is 0. The fraction of sp³-hybridized carbons (Fsp3) is 0.0909. The predicted molar refractivity (Wildman–Crippen MR) is 55.4 cm³/mol. The van der Waals surface area contributed by atoms with Gasteiger partial charge in [0.25, 0.3) is 0 Å². The average molecular weight is 172 g/mol. The summed E-state index contributed by atoms with van der Waals surface area (Å²) in [6, 6.07) is 8.30. The first-order chi connectivity index (χ1) is 6.27. The van der Waals surface area contributed by atoms with Crippen molar-refractivity contribution >= 4 is 5.69 Å². The Morgan fingerprint density at radius 3 is 2.69 bits per heavy atom. The van der Waals surface area contributed by atoms with E-state index < -0.39 is 0 Å². The minimum Gasteiger partial charge on any atom is -0.397 e. The van der Waals surface area contributed by atoms with Crippen molar-refractivity contribution in [3.63, 3.8) is 0 Å². The molecule has 0 atom stereocenters. The number of hydrogen-bond acceptors (Lipinski definition) is 1. The SMILES string of the molecule is Cc1cccc(-c2c[nH]cc2N)c1. The molecule has 3 N–H and O–H groups in total. The molecule has 0 aliphatic heterocycles. The third-order valence-corrected chi connectivity index (χ3v) is 2.11. The second kappa shape index (κ2) is 2.98. The maximum Gasteiger partial charge on any atom is 0.0571 e. The molecular formula is C11H12N2. The molecule has 0 amide bonds. The predicted octanol–water partition coefficient (Wildman–Crippen LogP) is 2.57. The van der Waals surface area contributed by atoms with Gasteiger partial charge in [0.1, 0.15) is 0 Å². The van der Waals surface area contributed by atoms with Crippen LogP contribution in [0.1, 0.15) is 5.56 Å². The fourth-order valence-electron chi connectivity index (χ4n) is 1.44. The van der Waals surface area contributed by atoms with E-state index in [4.69, 9.17) is 5.73 Å². The summed E-state index contributed by atoms with van der Waals surface area (Å²) in [6.45, 7) is 2.08. The number of anilines is 1. The maximum absolute atomic E-state index is 5.79. The summed E-state index contributed by atoms with van der Waals surface area (Å²) in [5, 5.41) is 0. The molecule has 2 aromatic rings. The van der Waals surface area contributed by atoms with Gasteiger partial charge in [0.05, 0.1) is 5.69 Å². The van der Waals surface area contributed by atoms with Gasteiger partial charge in [0.2, 0.25) is 0 Å². The molecule has 0 spiro atoms. The molecule has 0 saturated carbocycles. The quantitative estimate of drug-likeness (QED) is 0.682. The standard InChI is InChI=1S/C11H12N2/c1-8-3-2-4-9(5-8)10-6-13-7-11(10)12/h2-7,13H,12H2,1H3. The zero-order valence-electron chi connectivity index (χ0n) is 7.54. The first-order valence-electron chi connectivity index (χ1n) is 4.26. The van der Waals surface area contributed by atoms with Crippen molar-refractivity contribution in [3.05, 3.63) is 42.2 Å². The summed E-state index contributed by atoms with van der Waals surface area (Å²) in [5.41, 5.74) is 10.1. The molecule has 0 bridgehead atoms. The summed E-state index contributed by atoms with van der Waals surface area (Å²) in [6.07, 6.45) is 3.72. The molecule has 2 heteroatoms. The van der Waals surface area contributed by atoms with Crippen LogP contribution in [0.25, 0.3) is 11.1 Å². The van der Waals surface area contributed by atoms with Crippen LogP contribution in [-0.4, -0.2) is 4.98 Å². The van der Waals surface area contributed by atoms with Gasteiger partial charge < -0.3 is 10.7 Å². The second-order valence-electron chi connectivity index (χ2n) is 3.19. The van der Waals surface area contributed by atoms with Crippen molar-refractivity contribution in [1.82, 2.24) is 4.98 Å². The molecule has 2 rings (SSSR count). The number of hydrogen-bond donors (Lipinski definition) is 2. The van der Waals surface area contributed by atoms with Crippen molar-refractivity contribution < 1.29 is 0 Å². The van der Waals surface area contributed by atoms with Crippen molar-refractivity contribution in [1.29, 1.82) is 0 Å². The Labute approximate surface area is 77.4 Å². The number of aromatic nitrogens is 1. The molecule has 0 fully saturated rings. The average Bonchev–Trinajstić information content (AvgIpc) is 2.51. The van der Waals surface area contributed by atoms with Gasteiger partial charge in [-0.2, -0.15) is 0 Å². The van der Waals surface area contributed by atoms with Gasteiger partial charge >= 0.3 is 0 Å². The van der Waals surface area contributed by atoms with Gasteiger partial charge in [-0.05, 0) is 12.5 Å². The summed E-state index contributed by atoms with van der Waals surface area (Å²) in [7, 11) is 0. The van der Waals surface area contributed by atoms with E-state index in [1.807, 2.05) is 12.3 Å². The van der Waals surface area contributed by atoms with Crippen molar-refractivity contribution in [2.45, 2.75) is 6.92 Å². The third kappa shape index (κ3) is 1.43. The molecule has 1 heterocycles. The first kappa shape index (κ1) is 7.92. The molecule has 0 aliphatic rings. The van der Waals surface area contributed by atoms with Crippen molar-refractivity contribution in [2.24, 2.45) is 0 Å². The van der Waals surface area contributed by atoms with E-state index in [1.54, 1.807) is 6.20 Å². The van der Waals surface area contributed by atoms with Gasteiger partial charge in [-0.15, -0.1) is 0 Å². The molecule has 66 valence electrons. The number of nitrogen functional groups attached to an aromatic ring is 1. The Hall–Kier alpha value is -1.70. The van der Waals surface area contributed by atoms with Gasteiger partial charge in [-0.1, -0.05) is 29.8 Å². The zero-order valence-corrected chi connectivity index (χ0v) is 7.54. The third-order valence-electron chi connectivity index (χ3n) is 2.11. The molecule has 1 aromatic carbocycles. The Morgan fingerprint density at radius 1 is 1.23 bits per heavy atom. The molecular weight excluding hydrogens is 160 g/mol. The molecule has 0 aliphatic carbocycles. The van der Waals surface area contributed by atoms with E-state index in [9.17, 15) is 0 Å². The highest BCUT2D eigenvalue weighted by Crippen LogP contribution is 2.25. The highest BCUT2D eigenvalue weighted by molar-refractivity contribution is 5.75. The van der Waals surface area contributed by atoms with Crippen LogP contribution in [0.3, 0.4) is 0 Å². The molecule has 13 heavy (non-hydrogen) atoms. The molecule has 2 nitrogen and oxygen atoms in total. The number of benzene rings is 1. The highest BCUT2D eigenvalue weighted by atomic mass is 14.7. The van der Waals surface area contributed by atoms with E-state index in [0.717, 1.165) is 11.3 Å². The largest absolute Gasteiger partial charge is 0.397 e. The lowest BCUT2D eigenvalue weighted by Crippen LogP contribution is -1.84. The zero-order chi connectivity index (χ0) is 9.26. The topological polar surface area (TPSA) is 41.8 Å². The minimum absolute atomic E-state index is 0.797. The lowest BCUT2D eigenvalue weighted by atomic mass is 10.1. The van der Waals surface area contributed by atoms with E-state index in [-0.39, 0.29) is 0 Å². The van der Waals surface area contributed by atoms with E-state index in [0.29, 0.717) is 0 Å². The van der Waals surface area contributed by atoms with Crippen LogP contribution < -0.4 is 5.73 Å². The second-order valence-corrected chi connectivity index (χ2v) is 3.19. The Kier molecular flexibility index (Phi) is 1.81. The van der Waals surface area contributed by atoms with Crippen molar-refractivity contribution in [3.8, 4) is 11.1 Å². The van der Waals surface area contributed by atoms with E-state index in [2.05, 4.69) is 30.1 Å². The van der Waals surface area contributed by atoms with Crippen molar-refractivity contribution in [2.75, 3.05) is 5.73 Å². The monoisotopic (exact) mass is 172 g/mol. The van der Waals surface area contributed by atoms with Crippen LogP contribution in [0.5, 0.6) is 0 Å².